The Hall–Kier alpha value is -1.27. The van der Waals surface area contributed by atoms with E-state index < -0.39 is 0 Å². The topological polar surface area (TPSA) is 50.8 Å². The highest BCUT2D eigenvalue weighted by Gasteiger charge is 2.20. The molecule has 1 amide bonds. The summed E-state index contributed by atoms with van der Waals surface area (Å²) in [5, 5.41) is 2.96. The van der Waals surface area contributed by atoms with Crippen molar-refractivity contribution in [1.29, 1.82) is 0 Å². The fourth-order valence-electron chi connectivity index (χ4n) is 2.77. The first-order valence-corrected chi connectivity index (χ1v) is 8.52. The highest BCUT2D eigenvalue weighted by Crippen LogP contribution is 2.38. The molecule has 2 aliphatic heterocycles. The van der Waals surface area contributed by atoms with E-state index in [0.29, 0.717) is 31.3 Å². The van der Waals surface area contributed by atoms with Gasteiger partial charge < -0.3 is 14.8 Å². The van der Waals surface area contributed by atoms with Crippen LogP contribution in [0.2, 0.25) is 0 Å². The number of hydrogen-bond donors (Lipinski definition) is 1. The fraction of sp³-hybridized carbons (Fsp3) is 0.562. The van der Waals surface area contributed by atoms with Crippen molar-refractivity contribution in [3.05, 3.63) is 16.6 Å². The van der Waals surface area contributed by atoms with Crippen molar-refractivity contribution in [2.75, 3.05) is 38.2 Å². The van der Waals surface area contributed by atoms with E-state index in [1.165, 1.54) is 12.8 Å². The van der Waals surface area contributed by atoms with Crippen LogP contribution in [0.4, 0.5) is 5.69 Å². The molecular formula is C16H21BrN2O3. The van der Waals surface area contributed by atoms with Gasteiger partial charge in [-0.05, 0) is 47.8 Å². The van der Waals surface area contributed by atoms with Gasteiger partial charge in [0.1, 0.15) is 13.2 Å². The molecule has 0 unspecified atom stereocenters. The van der Waals surface area contributed by atoms with Gasteiger partial charge in [0.05, 0.1) is 12.2 Å². The van der Waals surface area contributed by atoms with Gasteiger partial charge in [0.25, 0.3) is 0 Å². The minimum atomic E-state index is 0.00642. The SMILES string of the molecule is CC1CCN(CC(=O)Nc2cc3c(cc2Br)OCCO3)CC1. The van der Waals surface area contributed by atoms with Gasteiger partial charge in [-0.25, -0.2) is 0 Å². The molecular weight excluding hydrogens is 348 g/mol. The number of hydrogen-bond acceptors (Lipinski definition) is 4. The van der Waals surface area contributed by atoms with Crippen molar-refractivity contribution in [3.63, 3.8) is 0 Å². The number of piperidine rings is 1. The van der Waals surface area contributed by atoms with E-state index >= 15 is 0 Å². The molecule has 0 bridgehead atoms. The van der Waals surface area contributed by atoms with E-state index in [1.54, 1.807) is 0 Å². The molecule has 0 atom stereocenters. The number of benzene rings is 1. The molecule has 3 rings (SSSR count). The summed E-state index contributed by atoms with van der Waals surface area (Å²) in [6.45, 7) is 5.79. The Labute approximate surface area is 139 Å². The summed E-state index contributed by atoms with van der Waals surface area (Å²) in [5.74, 6) is 2.16. The summed E-state index contributed by atoms with van der Waals surface area (Å²) in [6, 6.07) is 3.65. The van der Waals surface area contributed by atoms with Crippen molar-refractivity contribution in [3.8, 4) is 11.5 Å². The molecule has 1 saturated heterocycles. The monoisotopic (exact) mass is 368 g/mol. The Balaban J connectivity index is 1.61. The van der Waals surface area contributed by atoms with Crippen molar-refractivity contribution in [2.45, 2.75) is 19.8 Å². The van der Waals surface area contributed by atoms with E-state index in [-0.39, 0.29) is 5.91 Å². The lowest BCUT2D eigenvalue weighted by molar-refractivity contribution is -0.117. The van der Waals surface area contributed by atoms with E-state index in [0.717, 1.165) is 29.2 Å². The zero-order chi connectivity index (χ0) is 15.5. The number of ether oxygens (including phenoxy) is 2. The van der Waals surface area contributed by atoms with Gasteiger partial charge in [-0.15, -0.1) is 0 Å². The molecule has 5 nitrogen and oxygen atoms in total. The molecule has 0 spiro atoms. The summed E-state index contributed by atoms with van der Waals surface area (Å²) < 4.78 is 11.9. The van der Waals surface area contributed by atoms with Crippen molar-refractivity contribution in [2.24, 2.45) is 5.92 Å². The van der Waals surface area contributed by atoms with Gasteiger partial charge >= 0.3 is 0 Å². The smallest absolute Gasteiger partial charge is 0.238 e. The first-order chi connectivity index (χ1) is 10.6. The third-order valence-electron chi connectivity index (χ3n) is 4.15. The molecule has 1 N–H and O–H groups in total. The van der Waals surface area contributed by atoms with Crippen LogP contribution in [-0.2, 0) is 4.79 Å². The van der Waals surface area contributed by atoms with Gasteiger partial charge in [-0.1, -0.05) is 6.92 Å². The Bertz CT molecular complexity index is 557. The molecule has 120 valence electrons. The summed E-state index contributed by atoms with van der Waals surface area (Å²) in [7, 11) is 0. The number of carbonyl (C=O) groups is 1. The summed E-state index contributed by atoms with van der Waals surface area (Å²) in [4.78, 5) is 14.4. The largest absolute Gasteiger partial charge is 0.486 e. The molecule has 0 saturated carbocycles. The number of nitrogens with zero attached hydrogens (tertiary/aromatic N) is 1. The maximum absolute atomic E-state index is 12.2. The number of carbonyl (C=O) groups excluding carboxylic acids is 1. The van der Waals surface area contributed by atoms with Crippen LogP contribution >= 0.6 is 15.9 Å². The molecule has 1 fully saturated rings. The Morgan fingerprint density at radius 1 is 1.27 bits per heavy atom. The first-order valence-electron chi connectivity index (χ1n) is 7.73. The third-order valence-corrected chi connectivity index (χ3v) is 4.81. The number of halogens is 1. The number of rotatable bonds is 3. The van der Waals surface area contributed by atoms with E-state index in [1.807, 2.05) is 12.1 Å². The lowest BCUT2D eigenvalue weighted by Gasteiger charge is -2.29. The summed E-state index contributed by atoms with van der Waals surface area (Å²) >= 11 is 3.47. The van der Waals surface area contributed by atoms with Gasteiger partial charge in [0.2, 0.25) is 5.91 Å². The highest BCUT2D eigenvalue weighted by atomic mass is 79.9. The van der Waals surface area contributed by atoms with Gasteiger partial charge in [-0.2, -0.15) is 0 Å². The molecule has 1 aromatic carbocycles. The van der Waals surface area contributed by atoms with Gasteiger partial charge in [-0.3, -0.25) is 9.69 Å². The van der Waals surface area contributed by atoms with E-state index in [4.69, 9.17) is 9.47 Å². The van der Waals surface area contributed by atoms with Crippen LogP contribution in [0, 0.1) is 5.92 Å². The fourth-order valence-corrected chi connectivity index (χ4v) is 3.19. The van der Waals surface area contributed by atoms with Crippen LogP contribution in [0.3, 0.4) is 0 Å². The highest BCUT2D eigenvalue weighted by molar-refractivity contribution is 9.10. The molecule has 2 aliphatic rings. The Morgan fingerprint density at radius 2 is 1.91 bits per heavy atom. The molecule has 22 heavy (non-hydrogen) atoms. The second kappa shape index (κ2) is 6.87. The maximum Gasteiger partial charge on any atom is 0.238 e. The van der Waals surface area contributed by atoms with Crippen molar-refractivity contribution >= 4 is 27.5 Å². The second-order valence-electron chi connectivity index (χ2n) is 5.98. The normalized spacial score (nSPS) is 19.0. The number of amides is 1. The predicted octanol–water partition coefficient (Wildman–Crippen LogP) is 2.89. The first kappa shape index (κ1) is 15.6. The second-order valence-corrected chi connectivity index (χ2v) is 6.84. The molecule has 0 aliphatic carbocycles. The average molecular weight is 369 g/mol. The van der Waals surface area contributed by atoms with Crippen molar-refractivity contribution in [1.82, 2.24) is 4.90 Å². The molecule has 6 heteroatoms. The molecule has 1 aromatic rings. The molecule has 2 heterocycles. The number of fused-ring (bicyclic) bond motifs is 1. The number of anilines is 1. The lowest BCUT2D eigenvalue weighted by atomic mass is 9.99. The number of likely N-dealkylation sites (tertiary alicyclic amines) is 1. The summed E-state index contributed by atoms with van der Waals surface area (Å²) in [6.07, 6.45) is 2.34. The maximum atomic E-state index is 12.2. The van der Waals surface area contributed by atoms with Crippen LogP contribution in [-0.4, -0.2) is 43.7 Å². The average Bonchev–Trinajstić information content (AvgIpc) is 2.50. The lowest BCUT2D eigenvalue weighted by Crippen LogP contribution is -2.38. The molecule has 0 radical (unpaired) electrons. The van der Waals surface area contributed by atoms with Gasteiger partial charge in [0, 0.05) is 16.6 Å². The minimum absolute atomic E-state index is 0.00642. The minimum Gasteiger partial charge on any atom is -0.486 e. The van der Waals surface area contributed by atoms with Gasteiger partial charge in [0.15, 0.2) is 11.5 Å². The van der Waals surface area contributed by atoms with E-state index in [2.05, 4.69) is 33.1 Å². The standard InChI is InChI=1S/C16H21BrN2O3/c1-11-2-4-19(5-3-11)10-16(20)18-13-9-15-14(8-12(13)17)21-6-7-22-15/h8-9,11H,2-7,10H2,1H3,(H,18,20). The summed E-state index contributed by atoms with van der Waals surface area (Å²) in [5.41, 5.74) is 0.722. The van der Waals surface area contributed by atoms with Crippen LogP contribution in [0.5, 0.6) is 11.5 Å². The van der Waals surface area contributed by atoms with Crippen LogP contribution in [0.25, 0.3) is 0 Å². The van der Waals surface area contributed by atoms with Crippen molar-refractivity contribution < 1.29 is 14.3 Å². The predicted molar refractivity (Wildman–Crippen MR) is 88.6 cm³/mol. The third kappa shape index (κ3) is 3.73. The quantitative estimate of drug-likeness (QED) is 0.890. The number of nitrogens with one attached hydrogen (secondary N) is 1. The van der Waals surface area contributed by atoms with Crippen LogP contribution < -0.4 is 14.8 Å². The van der Waals surface area contributed by atoms with E-state index in [9.17, 15) is 4.79 Å². The Morgan fingerprint density at radius 3 is 2.59 bits per heavy atom. The molecule has 0 aromatic heterocycles. The zero-order valence-electron chi connectivity index (χ0n) is 12.7. The zero-order valence-corrected chi connectivity index (χ0v) is 14.3. The van der Waals surface area contributed by atoms with Crippen LogP contribution in [0.15, 0.2) is 16.6 Å². The van der Waals surface area contributed by atoms with Crippen LogP contribution in [0.1, 0.15) is 19.8 Å². The Kier molecular flexibility index (Phi) is 4.88.